The number of methoxy groups -OCH3 is 2. The third-order valence-corrected chi connectivity index (χ3v) is 2.95. The monoisotopic (exact) mass is 310 g/mol. The average molecular weight is 310 g/mol. The van der Waals surface area contributed by atoms with Crippen molar-refractivity contribution in [3.05, 3.63) is 52.6 Å². The van der Waals surface area contributed by atoms with Crippen molar-refractivity contribution in [2.75, 3.05) is 14.2 Å². The van der Waals surface area contributed by atoms with E-state index in [1.165, 1.54) is 0 Å². The summed E-state index contributed by atoms with van der Waals surface area (Å²) in [5, 5.41) is 18.4. The lowest BCUT2D eigenvalue weighted by Crippen LogP contribution is -2.11. The summed E-state index contributed by atoms with van der Waals surface area (Å²) in [7, 11) is 2.29. The second kappa shape index (κ2) is 8.16. The second-order valence-corrected chi connectivity index (χ2v) is 4.41. The lowest BCUT2D eigenvalue weighted by atomic mass is 9.92. The van der Waals surface area contributed by atoms with Crippen LogP contribution < -0.4 is 0 Å². The molecular formula is C17H14N2O4. The third kappa shape index (κ3) is 4.29. The van der Waals surface area contributed by atoms with Gasteiger partial charge in [-0.05, 0) is 12.5 Å². The van der Waals surface area contributed by atoms with E-state index in [1.807, 2.05) is 6.92 Å². The number of aryl methyl sites for hydroxylation is 1. The standard InChI is InChI=1S/C17H14N2O4/c1-11-4-6-12(7-5-11)16(13(9-18)10-19)14(17(21)23-3)8-15(20)22-2/h4-8H,1-3H3/b14-8+. The van der Waals surface area contributed by atoms with Gasteiger partial charge in [0.1, 0.15) is 17.7 Å². The molecule has 23 heavy (non-hydrogen) atoms. The number of benzene rings is 1. The summed E-state index contributed by atoms with van der Waals surface area (Å²) in [6.45, 7) is 1.87. The van der Waals surface area contributed by atoms with E-state index in [1.54, 1.807) is 36.4 Å². The average Bonchev–Trinajstić information content (AvgIpc) is 2.58. The summed E-state index contributed by atoms with van der Waals surface area (Å²) in [5.74, 6) is -1.65. The molecule has 1 aromatic rings. The Morgan fingerprint density at radius 3 is 2.04 bits per heavy atom. The molecule has 0 N–H and O–H groups in total. The van der Waals surface area contributed by atoms with E-state index < -0.39 is 11.9 Å². The molecule has 0 fully saturated rings. The van der Waals surface area contributed by atoms with Gasteiger partial charge in [0.25, 0.3) is 0 Å². The van der Waals surface area contributed by atoms with Crippen LogP contribution in [0.3, 0.4) is 0 Å². The van der Waals surface area contributed by atoms with Crippen LogP contribution in [0.5, 0.6) is 0 Å². The van der Waals surface area contributed by atoms with Crippen molar-refractivity contribution < 1.29 is 19.1 Å². The van der Waals surface area contributed by atoms with Crippen LogP contribution in [0.25, 0.3) is 5.57 Å². The molecule has 116 valence electrons. The number of esters is 2. The highest BCUT2D eigenvalue weighted by atomic mass is 16.5. The van der Waals surface area contributed by atoms with E-state index in [9.17, 15) is 20.1 Å². The number of nitriles is 2. The maximum absolute atomic E-state index is 12.0. The molecule has 0 atom stereocenters. The van der Waals surface area contributed by atoms with Crippen LogP contribution in [-0.4, -0.2) is 26.2 Å². The molecular weight excluding hydrogens is 296 g/mol. The Hall–Kier alpha value is -3.38. The molecule has 0 aliphatic carbocycles. The summed E-state index contributed by atoms with van der Waals surface area (Å²) in [6, 6.07) is 10.3. The molecule has 1 aromatic carbocycles. The van der Waals surface area contributed by atoms with Crippen LogP contribution in [0.15, 0.2) is 41.5 Å². The van der Waals surface area contributed by atoms with Gasteiger partial charge in [0.2, 0.25) is 0 Å². The Labute approximate surface area is 133 Å². The first-order chi connectivity index (χ1) is 11.0. The predicted octanol–water partition coefficient (Wildman–Crippen LogP) is 2.07. The summed E-state index contributed by atoms with van der Waals surface area (Å²) in [6.07, 6.45) is 0.899. The number of carbonyl (C=O) groups excluding carboxylic acids is 2. The van der Waals surface area contributed by atoms with Crippen molar-refractivity contribution in [2.45, 2.75) is 6.92 Å². The fourth-order valence-electron chi connectivity index (χ4n) is 1.81. The molecule has 0 aliphatic heterocycles. The Morgan fingerprint density at radius 2 is 1.61 bits per heavy atom. The van der Waals surface area contributed by atoms with Crippen LogP contribution in [0, 0.1) is 29.6 Å². The van der Waals surface area contributed by atoms with Gasteiger partial charge in [-0.2, -0.15) is 10.5 Å². The zero-order valence-electron chi connectivity index (χ0n) is 12.9. The maximum Gasteiger partial charge on any atom is 0.338 e. The zero-order chi connectivity index (χ0) is 17.4. The number of carbonyl (C=O) groups is 2. The maximum atomic E-state index is 12.0. The lowest BCUT2D eigenvalue weighted by Gasteiger charge is -2.11. The number of hydrogen-bond acceptors (Lipinski definition) is 6. The van der Waals surface area contributed by atoms with Gasteiger partial charge in [-0.1, -0.05) is 29.8 Å². The first-order valence-electron chi connectivity index (χ1n) is 6.48. The number of ether oxygens (including phenoxy) is 2. The van der Waals surface area contributed by atoms with Gasteiger partial charge in [0.05, 0.1) is 19.8 Å². The molecule has 0 radical (unpaired) electrons. The van der Waals surface area contributed by atoms with Crippen LogP contribution in [0.1, 0.15) is 11.1 Å². The molecule has 6 heteroatoms. The lowest BCUT2D eigenvalue weighted by molar-refractivity contribution is -0.138. The molecule has 0 aliphatic rings. The Bertz CT molecular complexity index is 743. The highest BCUT2D eigenvalue weighted by Gasteiger charge is 2.23. The number of rotatable bonds is 4. The SMILES string of the molecule is COC(=O)/C=C(/C(=O)OC)C(=C(C#N)C#N)c1ccc(C)cc1. The summed E-state index contributed by atoms with van der Waals surface area (Å²) in [4.78, 5) is 23.6. The van der Waals surface area contributed by atoms with Crippen LogP contribution in [0.2, 0.25) is 0 Å². The quantitative estimate of drug-likeness (QED) is 0.365. The van der Waals surface area contributed by atoms with Crippen molar-refractivity contribution in [3.63, 3.8) is 0 Å². The zero-order valence-corrected chi connectivity index (χ0v) is 12.9. The Morgan fingerprint density at radius 1 is 1.04 bits per heavy atom. The first kappa shape index (κ1) is 17.7. The topological polar surface area (TPSA) is 100 Å². The Kier molecular flexibility index (Phi) is 6.27. The van der Waals surface area contributed by atoms with Crippen molar-refractivity contribution in [1.29, 1.82) is 10.5 Å². The minimum Gasteiger partial charge on any atom is -0.466 e. The summed E-state index contributed by atoms with van der Waals surface area (Å²) >= 11 is 0. The van der Waals surface area contributed by atoms with E-state index in [4.69, 9.17) is 0 Å². The third-order valence-electron chi connectivity index (χ3n) is 2.95. The van der Waals surface area contributed by atoms with E-state index in [-0.39, 0.29) is 16.7 Å². The molecule has 0 heterocycles. The number of hydrogen-bond donors (Lipinski definition) is 0. The van der Waals surface area contributed by atoms with Crippen LogP contribution in [-0.2, 0) is 19.1 Å². The van der Waals surface area contributed by atoms with Gasteiger partial charge < -0.3 is 9.47 Å². The van der Waals surface area contributed by atoms with Crippen molar-refractivity contribution in [1.82, 2.24) is 0 Å². The van der Waals surface area contributed by atoms with E-state index >= 15 is 0 Å². The van der Waals surface area contributed by atoms with Gasteiger partial charge in [0.15, 0.2) is 0 Å². The van der Waals surface area contributed by atoms with E-state index in [0.717, 1.165) is 25.9 Å². The van der Waals surface area contributed by atoms with Crippen LogP contribution >= 0.6 is 0 Å². The molecule has 0 saturated carbocycles. The largest absolute Gasteiger partial charge is 0.466 e. The molecule has 0 spiro atoms. The normalized spacial score (nSPS) is 10.0. The van der Waals surface area contributed by atoms with Gasteiger partial charge >= 0.3 is 11.9 Å². The molecule has 6 nitrogen and oxygen atoms in total. The second-order valence-electron chi connectivity index (χ2n) is 4.41. The van der Waals surface area contributed by atoms with Crippen LogP contribution in [0.4, 0.5) is 0 Å². The molecule has 1 rings (SSSR count). The summed E-state index contributed by atoms with van der Waals surface area (Å²) in [5.41, 5.74) is 0.886. The van der Waals surface area contributed by atoms with Gasteiger partial charge in [0, 0.05) is 11.6 Å². The van der Waals surface area contributed by atoms with E-state index in [0.29, 0.717) is 5.56 Å². The predicted molar refractivity (Wildman–Crippen MR) is 81.4 cm³/mol. The molecule has 0 bridgehead atoms. The first-order valence-corrected chi connectivity index (χ1v) is 6.48. The fourth-order valence-corrected chi connectivity index (χ4v) is 1.81. The minimum absolute atomic E-state index is 0.0206. The minimum atomic E-state index is -0.853. The highest BCUT2D eigenvalue weighted by molar-refractivity contribution is 6.11. The molecule has 0 unspecified atom stereocenters. The summed E-state index contributed by atoms with van der Waals surface area (Å²) < 4.78 is 9.17. The van der Waals surface area contributed by atoms with Crippen molar-refractivity contribution in [2.24, 2.45) is 0 Å². The van der Waals surface area contributed by atoms with Crippen molar-refractivity contribution >= 4 is 17.5 Å². The van der Waals surface area contributed by atoms with Gasteiger partial charge in [-0.25, -0.2) is 9.59 Å². The highest BCUT2D eigenvalue weighted by Crippen LogP contribution is 2.28. The van der Waals surface area contributed by atoms with Crippen molar-refractivity contribution in [3.8, 4) is 12.1 Å². The Balaban J connectivity index is 3.71. The fraction of sp³-hybridized carbons (Fsp3) is 0.176. The molecule has 0 aromatic heterocycles. The molecule has 0 saturated heterocycles. The van der Waals surface area contributed by atoms with Gasteiger partial charge in [-0.15, -0.1) is 0 Å². The smallest absolute Gasteiger partial charge is 0.338 e. The molecule has 0 amide bonds. The van der Waals surface area contributed by atoms with E-state index in [2.05, 4.69) is 9.47 Å². The van der Waals surface area contributed by atoms with Gasteiger partial charge in [-0.3, -0.25) is 0 Å². The number of allylic oxidation sites excluding steroid dienone is 1. The number of nitrogens with zero attached hydrogens (tertiary/aromatic N) is 2.